The molecule has 1 saturated carbocycles. The highest BCUT2D eigenvalue weighted by molar-refractivity contribution is 5.46. The second kappa shape index (κ2) is 3.44. The SMILES string of the molecule is O=CN[C@H]1CCC[C@@H]2CNC[C@@H]21. The smallest absolute Gasteiger partial charge is 0.207 e. The van der Waals surface area contributed by atoms with Gasteiger partial charge in [0.1, 0.15) is 0 Å². The molecule has 0 aromatic carbocycles. The van der Waals surface area contributed by atoms with Crippen LogP contribution in [0.3, 0.4) is 0 Å². The first-order valence-corrected chi connectivity index (χ1v) is 4.82. The fourth-order valence-corrected chi connectivity index (χ4v) is 2.65. The van der Waals surface area contributed by atoms with Crippen molar-refractivity contribution >= 4 is 6.41 Å². The summed E-state index contributed by atoms with van der Waals surface area (Å²) < 4.78 is 0. The average molecular weight is 168 g/mol. The molecule has 2 aliphatic rings. The van der Waals surface area contributed by atoms with Gasteiger partial charge in [0.2, 0.25) is 6.41 Å². The topological polar surface area (TPSA) is 41.1 Å². The number of nitrogens with one attached hydrogen (secondary N) is 2. The Morgan fingerprint density at radius 1 is 1.33 bits per heavy atom. The zero-order chi connectivity index (χ0) is 8.39. The lowest BCUT2D eigenvalue weighted by Crippen LogP contribution is -2.41. The summed E-state index contributed by atoms with van der Waals surface area (Å²) in [6.07, 6.45) is 4.63. The fourth-order valence-electron chi connectivity index (χ4n) is 2.65. The number of fused-ring (bicyclic) bond motifs is 1. The first-order chi connectivity index (χ1) is 5.92. The van der Waals surface area contributed by atoms with Crippen LogP contribution in [0.2, 0.25) is 0 Å². The summed E-state index contributed by atoms with van der Waals surface area (Å²) in [5.74, 6) is 1.51. The van der Waals surface area contributed by atoms with Crippen LogP contribution in [0.5, 0.6) is 0 Å². The van der Waals surface area contributed by atoms with E-state index in [1.807, 2.05) is 0 Å². The normalized spacial score (nSPS) is 40.5. The highest BCUT2D eigenvalue weighted by Gasteiger charge is 2.35. The third-order valence-corrected chi connectivity index (χ3v) is 3.28. The van der Waals surface area contributed by atoms with Crippen molar-refractivity contribution in [3.63, 3.8) is 0 Å². The molecule has 1 heterocycles. The van der Waals surface area contributed by atoms with Gasteiger partial charge in [-0.3, -0.25) is 4.79 Å². The van der Waals surface area contributed by atoms with Crippen LogP contribution in [0.15, 0.2) is 0 Å². The molecule has 2 N–H and O–H groups in total. The van der Waals surface area contributed by atoms with Crippen molar-refractivity contribution in [1.29, 1.82) is 0 Å². The molecule has 3 heteroatoms. The van der Waals surface area contributed by atoms with Crippen LogP contribution in [0, 0.1) is 11.8 Å². The van der Waals surface area contributed by atoms with E-state index in [0.717, 1.165) is 25.4 Å². The van der Waals surface area contributed by atoms with Gasteiger partial charge in [-0.15, -0.1) is 0 Å². The minimum atomic E-state index is 0.441. The minimum Gasteiger partial charge on any atom is -0.356 e. The molecular formula is C9H16N2O. The third-order valence-electron chi connectivity index (χ3n) is 3.28. The molecule has 0 radical (unpaired) electrons. The van der Waals surface area contributed by atoms with Gasteiger partial charge in [0.25, 0.3) is 0 Å². The average Bonchev–Trinajstić information content (AvgIpc) is 2.53. The van der Waals surface area contributed by atoms with Crippen molar-refractivity contribution in [1.82, 2.24) is 10.6 Å². The molecule has 2 fully saturated rings. The maximum Gasteiger partial charge on any atom is 0.207 e. The van der Waals surface area contributed by atoms with Gasteiger partial charge in [-0.2, -0.15) is 0 Å². The number of carbonyl (C=O) groups is 1. The van der Waals surface area contributed by atoms with Crippen molar-refractivity contribution in [2.24, 2.45) is 11.8 Å². The molecule has 0 aromatic rings. The van der Waals surface area contributed by atoms with Crippen molar-refractivity contribution in [2.75, 3.05) is 13.1 Å². The van der Waals surface area contributed by atoms with E-state index in [0.29, 0.717) is 12.0 Å². The van der Waals surface area contributed by atoms with E-state index in [-0.39, 0.29) is 0 Å². The van der Waals surface area contributed by atoms with Gasteiger partial charge in [0.15, 0.2) is 0 Å². The molecule has 0 bridgehead atoms. The monoisotopic (exact) mass is 168 g/mol. The van der Waals surface area contributed by atoms with Crippen LogP contribution in [0.25, 0.3) is 0 Å². The summed E-state index contributed by atoms with van der Waals surface area (Å²) >= 11 is 0. The molecule has 1 aliphatic heterocycles. The van der Waals surface area contributed by atoms with Gasteiger partial charge < -0.3 is 10.6 Å². The standard InChI is InChI=1S/C9H16N2O/c12-6-11-9-3-1-2-7-4-10-5-8(7)9/h6-10H,1-5H2,(H,11,12)/t7-,8+,9+/m1/s1. The molecular weight excluding hydrogens is 152 g/mol. The first-order valence-electron chi connectivity index (χ1n) is 4.82. The van der Waals surface area contributed by atoms with E-state index in [4.69, 9.17) is 0 Å². The van der Waals surface area contributed by atoms with Crippen LogP contribution in [-0.2, 0) is 4.79 Å². The number of rotatable bonds is 2. The predicted octanol–water partition coefficient (Wildman–Crippen LogP) is 0.120. The summed E-state index contributed by atoms with van der Waals surface area (Å²) in [5, 5.41) is 6.33. The Morgan fingerprint density at radius 2 is 2.25 bits per heavy atom. The molecule has 0 unspecified atom stereocenters. The molecule has 3 atom stereocenters. The molecule has 2 rings (SSSR count). The van der Waals surface area contributed by atoms with E-state index in [9.17, 15) is 4.79 Å². The highest BCUT2D eigenvalue weighted by atomic mass is 16.1. The molecule has 0 spiro atoms. The Labute approximate surface area is 72.9 Å². The van der Waals surface area contributed by atoms with Crippen LogP contribution >= 0.6 is 0 Å². The lowest BCUT2D eigenvalue weighted by atomic mass is 9.78. The van der Waals surface area contributed by atoms with Crippen LogP contribution < -0.4 is 10.6 Å². The van der Waals surface area contributed by atoms with Crippen molar-refractivity contribution in [3.8, 4) is 0 Å². The Kier molecular flexibility index (Phi) is 2.30. The largest absolute Gasteiger partial charge is 0.356 e. The number of carbonyl (C=O) groups excluding carboxylic acids is 1. The number of amides is 1. The van der Waals surface area contributed by atoms with E-state index < -0.39 is 0 Å². The zero-order valence-corrected chi connectivity index (χ0v) is 7.25. The minimum absolute atomic E-state index is 0.441. The van der Waals surface area contributed by atoms with Gasteiger partial charge in [0, 0.05) is 12.6 Å². The summed E-state index contributed by atoms with van der Waals surface area (Å²) in [4.78, 5) is 10.3. The van der Waals surface area contributed by atoms with Crippen molar-refractivity contribution in [2.45, 2.75) is 25.3 Å². The summed E-state index contributed by atoms with van der Waals surface area (Å²) in [5.41, 5.74) is 0. The molecule has 0 aromatic heterocycles. The second-order valence-corrected chi connectivity index (χ2v) is 3.90. The highest BCUT2D eigenvalue weighted by Crippen LogP contribution is 2.32. The Balaban J connectivity index is 1.98. The Morgan fingerprint density at radius 3 is 3.08 bits per heavy atom. The number of hydrogen-bond acceptors (Lipinski definition) is 2. The van der Waals surface area contributed by atoms with Crippen molar-refractivity contribution in [3.05, 3.63) is 0 Å². The lowest BCUT2D eigenvalue weighted by molar-refractivity contribution is -0.110. The molecule has 1 saturated heterocycles. The first kappa shape index (κ1) is 8.05. The van der Waals surface area contributed by atoms with Gasteiger partial charge in [-0.1, -0.05) is 6.42 Å². The zero-order valence-electron chi connectivity index (χ0n) is 7.25. The number of hydrogen-bond donors (Lipinski definition) is 2. The fraction of sp³-hybridized carbons (Fsp3) is 0.889. The molecule has 1 aliphatic carbocycles. The van der Waals surface area contributed by atoms with Crippen LogP contribution in [0.4, 0.5) is 0 Å². The van der Waals surface area contributed by atoms with Crippen LogP contribution in [0.1, 0.15) is 19.3 Å². The van der Waals surface area contributed by atoms with E-state index in [1.54, 1.807) is 0 Å². The quantitative estimate of drug-likeness (QED) is 0.575. The Hall–Kier alpha value is -0.570. The van der Waals surface area contributed by atoms with Crippen molar-refractivity contribution < 1.29 is 4.79 Å². The van der Waals surface area contributed by atoms with Crippen LogP contribution in [-0.4, -0.2) is 25.5 Å². The molecule has 68 valence electrons. The summed E-state index contributed by atoms with van der Waals surface area (Å²) in [6.45, 7) is 2.25. The second-order valence-electron chi connectivity index (χ2n) is 3.90. The van der Waals surface area contributed by atoms with E-state index in [2.05, 4.69) is 10.6 Å². The van der Waals surface area contributed by atoms with Gasteiger partial charge >= 0.3 is 0 Å². The molecule has 3 nitrogen and oxygen atoms in total. The Bertz CT molecular complexity index is 172. The van der Waals surface area contributed by atoms with Gasteiger partial charge in [0.05, 0.1) is 0 Å². The maximum atomic E-state index is 10.3. The van der Waals surface area contributed by atoms with E-state index in [1.165, 1.54) is 19.3 Å². The third kappa shape index (κ3) is 1.33. The predicted molar refractivity (Wildman–Crippen MR) is 46.7 cm³/mol. The summed E-state index contributed by atoms with van der Waals surface area (Å²) in [6, 6.07) is 0.441. The van der Waals surface area contributed by atoms with E-state index >= 15 is 0 Å². The van der Waals surface area contributed by atoms with Gasteiger partial charge in [-0.25, -0.2) is 0 Å². The maximum absolute atomic E-state index is 10.3. The molecule has 1 amide bonds. The van der Waals surface area contributed by atoms with Gasteiger partial charge in [-0.05, 0) is 31.2 Å². The lowest BCUT2D eigenvalue weighted by Gasteiger charge is -2.32. The molecule has 12 heavy (non-hydrogen) atoms. The summed E-state index contributed by atoms with van der Waals surface area (Å²) in [7, 11) is 0.